The smallest absolute Gasteiger partial charge is 0.00695 e. The van der Waals surface area contributed by atoms with Crippen LogP contribution in [0.25, 0.3) is 11.1 Å². The van der Waals surface area contributed by atoms with Crippen LogP contribution in [0.5, 0.6) is 0 Å². The lowest BCUT2D eigenvalue weighted by Crippen LogP contribution is -2.21. The Kier molecular flexibility index (Phi) is 5.72. The highest BCUT2D eigenvalue weighted by atomic mass is 32.2. The molecular weight excluding hydrogens is 363 g/mol. The molecule has 0 aliphatic heterocycles. The van der Waals surface area contributed by atoms with Gasteiger partial charge in [-0.25, -0.2) is 0 Å². The van der Waals surface area contributed by atoms with E-state index in [2.05, 4.69) is 115 Å². The zero-order valence-electron chi connectivity index (χ0n) is 15.2. The molecule has 0 nitrogen and oxygen atoms in total. The first-order chi connectivity index (χ1) is 13.4. The zero-order chi connectivity index (χ0) is 18.5. The van der Waals surface area contributed by atoms with E-state index in [0.717, 1.165) is 0 Å². The summed E-state index contributed by atoms with van der Waals surface area (Å²) in [4.78, 5) is 1.30. The van der Waals surface area contributed by atoms with E-state index in [1.54, 1.807) is 11.8 Å². The van der Waals surface area contributed by atoms with Crippen LogP contribution in [-0.4, -0.2) is 6.26 Å². The summed E-state index contributed by atoms with van der Waals surface area (Å²) in [6.07, 6.45) is 2.12. The Labute approximate surface area is 167 Å². The van der Waals surface area contributed by atoms with Crippen molar-refractivity contribution >= 4 is 35.6 Å². The molecule has 27 heavy (non-hydrogen) atoms. The summed E-state index contributed by atoms with van der Waals surface area (Å²) in [5.74, 6) is 0. The first kappa shape index (κ1) is 18.0. The quantitative estimate of drug-likeness (QED) is 0.308. The fourth-order valence-electron chi connectivity index (χ4n) is 3.26. The molecule has 0 aromatic heterocycles. The van der Waals surface area contributed by atoms with E-state index in [9.17, 15) is 0 Å². The molecule has 0 aliphatic carbocycles. The fraction of sp³-hybridized carbons (Fsp3) is 0.0400. The second-order valence-corrected chi connectivity index (χ2v) is 9.32. The molecular formula is C25H21PS. The number of thioether (sulfide) groups is 1. The molecule has 0 radical (unpaired) electrons. The van der Waals surface area contributed by atoms with Gasteiger partial charge in [-0.2, -0.15) is 0 Å². The van der Waals surface area contributed by atoms with Crippen molar-refractivity contribution < 1.29 is 0 Å². The van der Waals surface area contributed by atoms with Gasteiger partial charge in [-0.15, -0.1) is 11.8 Å². The van der Waals surface area contributed by atoms with Crippen molar-refractivity contribution in [2.24, 2.45) is 0 Å². The maximum Gasteiger partial charge on any atom is 0.00695 e. The second-order valence-electron chi connectivity index (χ2n) is 6.25. The summed E-state index contributed by atoms with van der Waals surface area (Å²) >= 11 is 1.78. The van der Waals surface area contributed by atoms with E-state index in [4.69, 9.17) is 0 Å². The van der Waals surface area contributed by atoms with Crippen molar-refractivity contribution in [3.05, 3.63) is 109 Å². The molecule has 0 amide bonds. The van der Waals surface area contributed by atoms with Gasteiger partial charge in [0.15, 0.2) is 0 Å². The summed E-state index contributed by atoms with van der Waals surface area (Å²) in [7, 11) is -0.607. The number of rotatable bonds is 5. The molecule has 0 heterocycles. The van der Waals surface area contributed by atoms with Crippen molar-refractivity contribution in [2.45, 2.75) is 4.90 Å². The first-order valence-electron chi connectivity index (χ1n) is 9.00. The maximum absolute atomic E-state index is 2.30. The molecule has 0 atom stereocenters. The van der Waals surface area contributed by atoms with Crippen LogP contribution < -0.4 is 15.9 Å². The largest absolute Gasteiger partial charge is 0.130 e. The monoisotopic (exact) mass is 384 g/mol. The standard InChI is InChI=1S/C25H21PS/c1-27-23-18-16-20(17-19-23)24-14-8-9-15-25(24)26(21-10-4-2-5-11-21)22-12-6-3-7-13-22/h2-19H,1H3. The van der Waals surface area contributed by atoms with Gasteiger partial charge in [-0.3, -0.25) is 0 Å². The fourth-order valence-corrected chi connectivity index (χ4v) is 6.15. The second kappa shape index (κ2) is 8.57. The van der Waals surface area contributed by atoms with E-state index in [1.807, 2.05) is 0 Å². The molecule has 0 fully saturated rings. The first-order valence-corrected chi connectivity index (χ1v) is 11.6. The Morgan fingerprint density at radius 2 is 1.07 bits per heavy atom. The minimum absolute atomic E-state index is 0.607. The van der Waals surface area contributed by atoms with Crippen LogP contribution >= 0.6 is 19.7 Å². The van der Waals surface area contributed by atoms with Crippen LogP contribution in [0.2, 0.25) is 0 Å². The highest BCUT2D eigenvalue weighted by molar-refractivity contribution is 7.98. The topological polar surface area (TPSA) is 0 Å². The van der Waals surface area contributed by atoms with Gasteiger partial charge < -0.3 is 0 Å². The normalized spacial score (nSPS) is 10.9. The predicted octanol–water partition coefficient (Wildman–Crippen LogP) is 5.83. The van der Waals surface area contributed by atoms with Crippen LogP contribution in [0.1, 0.15) is 0 Å². The van der Waals surface area contributed by atoms with Gasteiger partial charge in [0.25, 0.3) is 0 Å². The Morgan fingerprint density at radius 3 is 1.63 bits per heavy atom. The third-order valence-electron chi connectivity index (χ3n) is 4.57. The molecule has 0 spiro atoms. The van der Waals surface area contributed by atoms with Crippen LogP contribution in [0, 0.1) is 0 Å². The van der Waals surface area contributed by atoms with Crippen molar-refractivity contribution in [3.8, 4) is 11.1 Å². The van der Waals surface area contributed by atoms with Gasteiger partial charge in [0, 0.05) is 4.90 Å². The van der Waals surface area contributed by atoms with Crippen LogP contribution in [-0.2, 0) is 0 Å². The molecule has 4 aromatic carbocycles. The van der Waals surface area contributed by atoms with Crippen molar-refractivity contribution in [1.29, 1.82) is 0 Å². The molecule has 4 rings (SSSR count). The van der Waals surface area contributed by atoms with Crippen LogP contribution in [0.15, 0.2) is 114 Å². The lowest BCUT2D eigenvalue weighted by Gasteiger charge is -2.22. The zero-order valence-corrected chi connectivity index (χ0v) is 17.0. The lowest BCUT2D eigenvalue weighted by atomic mass is 10.1. The summed E-state index contributed by atoms with van der Waals surface area (Å²) in [5, 5.41) is 4.17. The maximum atomic E-state index is 2.30. The summed E-state index contributed by atoms with van der Waals surface area (Å²) < 4.78 is 0. The van der Waals surface area contributed by atoms with Gasteiger partial charge in [-0.05, 0) is 53.4 Å². The van der Waals surface area contributed by atoms with E-state index in [1.165, 1.54) is 31.9 Å². The third kappa shape index (κ3) is 4.00. The lowest BCUT2D eigenvalue weighted by molar-refractivity contribution is 1.46. The molecule has 132 valence electrons. The van der Waals surface area contributed by atoms with Crippen molar-refractivity contribution in [2.75, 3.05) is 6.26 Å². The summed E-state index contributed by atoms with van der Waals surface area (Å²) in [6, 6.07) is 39.5. The van der Waals surface area contributed by atoms with Crippen molar-refractivity contribution in [3.63, 3.8) is 0 Å². The van der Waals surface area contributed by atoms with Gasteiger partial charge in [0.2, 0.25) is 0 Å². The van der Waals surface area contributed by atoms with E-state index in [-0.39, 0.29) is 0 Å². The van der Waals surface area contributed by atoms with Crippen molar-refractivity contribution in [1.82, 2.24) is 0 Å². The molecule has 0 saturated heterocycles. The molecule has 0 saturated carbocycles. The third-order valence-corrected chi connectivity index (χ3v) is 7.82. The minimum atomic E-state index is -0.607. The number of benzene rings is 4. The van der Waals surface area contributed by atoms with E-state index >= 15 is 0 Å². The molecule has 0 N–H and O–H groups in total. The summed E-state index contributed by atoms with van der Waals surface area (Å²) in [5.41, 5.74) is 2.60. The van der Waals surface area contributed by atoms with E-state index < -0.39 is 7.92 Å². The van der Waals surface area contributed by atoms with Crippen LogP contribution in [0.4, 0.5) is 0 Å². The van der Waals surface area contributed by atoms with Gasteiger partial charge in [-0.1, -0.05) is 97.1 Å². The molecule has 2 heteroatoms. The van der Waals surface area contributed by atoms with Crippen LogP contribution in [0.3, 0.4) is 0 Å². The highest BCUT2D eigenvalue weighted by Crippen LogP contribution is 2.37. The average Bonchev–Trinajstić information content (AvgIpc) is 2.76. The Hall–Kier alpha value is -2.34. The molecule has 0 bridgehead atoms. The van der Waals surface area contributed by atoms with Gasteiger partial charge >= 0.3 is 0 Å². The molecule has 0 aliphatic rings. The average molecular weight is 384 g/mol. The number of hydrogen-bond acceptors (Lipinski definition) is 1. The SMILES string of the molecule is CSc1ccc(-c2ccccc2P(c2ccccc2)c2ccccc2)cc1. The van der Waals surface area contributed by atoms with E-state index in [0.29, 0.717) is 0 Å². The Bertz CT molecular complexity index is 956. The molecule has 4 aromatic rings. The summed E-state index contributed by atoms with van der Waals surface area (Å²) in [6.45, 7) is 0. The van der Waals surface area contributed by atoms with Gasteiger partial charge in [0.05, 0.1) is 0 Å². The number of hydrogen-bond donors (Lipinski definition) is 0. The highest BCUT2D eigenvalue weighted by Gasteiger charge is 2.19. The molecule has 0 unspecified atom stereocenters. The van der Waals surface area contributed by atoms with Gasteiger partial charge in [0.1, 0.15) is 0 Å². The Morgan fingerprint density at radius 1 is 0.556 bits per heavy atom. The minimum Gasteiger partial charge on any atom is -0.130 e. The predicted molar refractivity (Wildman–Crippen MR) is 122 cm³/mol. The Balaban J connectivity index is 1.88.